The van der Waals surface area contributed by atoms with Crippen molar-refractivity contribution in [2.75, 3.05) is 0 Å². The van der Waals surface area contributed by atoms with Crippen molar-refractivity contribution in [3.05, 3.63) is 115 Å². The van der Waals surface area contributed by atoms with Gasteiger partial charge in [0, 0.05) is 22.2 Å². The number of H-pyrrole nitrogens is 1. The maximum absolute atomic E-state index is 3.92. The van der Waals surface area contributed by atoms with Crippen LogP contribution in [-0.4, -0.2) is 4.98 Å². The summed E-state index contributed by atoms with van der Waals surface area (Å²) in [4.78, 5) is 3.41. The minimum atomic E-state index is 1.10. The Hall–Kier alpha value is -3.58. The van der Waals surface area contributed by atoms with Gasteiger partial charge in [-0.2, -0.15) is 0 Å². The first-order valence-corrected chi connectivity index (χ1v) is 9.85. The molecule has 4 aromatic rings. The number of nitrogens with one attached hydrogen (secondary N) is 1. The summed E-state index contributed by atoms with van der Waals surface area (Å²) in [7, 11) is 0. The quantitative estimate of drug-likeness (QED) is 0.344. The maximum Gasteiger partial charge on any atom is 0.0465 e. The number of hydrogen-bond acceptors (Lipinski definition) is 0. The minimum Gasteiger partial charge on any atom is -0.355 e. The van der Waals surface area contributed by atoms with Crippen LogP contribution in [0.3, 0.4) is 0 Å². The number of rotatable bonds is 4. The summed E-state index contributed by atoms with van der Waals surface area (Å²) in [6, 6.07) is 23.1. The van der Waals surface area contributed by atoms with Crippen LogP contribution in [-0.2, 0) is 0 Å². The summed E-state index contributed by atoms with van der Waals surface area (Å²) in [6.07, 6.45) is 9.96. The molecule has 1 heteroatoms. The Morgan fingerprint density at radius 3 is 1.97 bits per heavy atom. The number of benzene rings is 3. The molecule has 29 heavy (non-hydrogen) atoms. The molecule has 3 aromatic carbocycles. The zero-order chi connectivity index (χ0) is 20.6. The summed E-state index contributed by atoms with van der Waals surface area (Å²) in [5.74, 6) is 0. The van der Waals surface area contributed by atoms with Crippen molar-refractivity contribution in [3.63, 3.8) is 0 Å². The summed E-state index contributed by atoms with van der Waals surface area (Å²) in [6.45, 7) is 11.8. The third-order valence-corrected chi connectivity index (χ3v) is 4.93. The van der Waals surface area contributed by atoms with Gasteiger partial charge in [-0.15, -0.1) is 0 Å². The van der Waals surface area contributed by atoms with Crippen LogP contribution < -0.4 is 0 Å². The molecule has 1 heterocycles. The molecule has 4 rings (SSSR count). The molecule has 1 N–H and O–H groups in total. The van der Waals surface area contributed by atoms with Crippen LogP contribution in [0.5, 0.6) is 0 Å². The highest BCUT2D eigenvalue weighted by Gasteiger charge is 2.08. The zero-order valence-corrected chi connectivity index (χ0v) is 17.2. The van der Waals surface area contributed by atoms with Gasteiger partial charge in [0.15, 0.2) is 0 Å². The Balaban J connectivity index is 0.000000200. The van der Waals surface area contributed by atoms with Crippen molar-refractivity contribution < 1.29 is 0 Å². The molecular weight excluding hydrogens is 350 g/mol. The molecule has 0 aliphatic heterocycles. The van der Waals surface area contributed by atoms with Crippen LogP contribution >= 0.6 is 0 Å². The molecule has 0 aliphatic carbocycles. The van der Waals surface area contributed by atoms with Gasteiger partial charge in [-0.3, -0.25) is 0 Å². The van der Waals surface area contributed by atoms with Crippen molar-refractivity contribution in [1.29, 1.82) is 0 Å². The van der Waals surface area contributed by atoms with Gasteiger partial charge >= 0.3 is 0 Å². The second-order valence-electron chi connectivity index (χ2n) is 6.71. The summed E-state index contributed by atoms with van der Waals surface area (Å²) < 4.78 is 0. The van der Waals surface area contributed by atoms with Crippen LogP contribution in [0.25, 0.3) is 39.4 Å². The predicted molar refractivity (Wildman–Crippen MR) is 131 cm³/mol. The highest BCUT2D eigenvalue weighted by atomic mass is 14.7. The van der Waals surface area contributed by atoms with E-state index < -0.39 is 0 Å². The first kappa shape index (κ1) is 20.2. The highest BCUT2D eigenvalue weighted by Crippen LogP contribution is 2.28. The molecule has 0 amide bonds. The molecule has 0 fully saturated rings. The molecule has 0 bridgehead atoms. The molecule has 1 nitrogen and oxygen atoms in total. The fraction of sp³-hybridized carbons (Fsp3) is 0.0714. The highest BCUT2D eigenvalue weighted by molar-refractivity contribution is 5.95. The molecule has 0 radical (unpaired) electrons. The number of aromatic amines is 1. The fourth-order valence-corrected chi connectivity index (χ4v) is 3.47. The fourth-order valence-electron chi connectivity index (χ4n) is 3.47. The van der Waals surface area contributed by atoms with Gasteiger partial charge in [-0.05, 0) is 54.0 Å². The first-order chi connectivity index (χ1) is 14.2. The molecule has 0 spiro atoms. The van der Waals surface area contributed by atoms with Gasteiger partial charge in [0.1, 0.15) is 0 Å². The van der Waals surface area contributed by atoms with Gasteiger partial charge < -0.3 is 4.98 Å². The standard InChI is InChI=1S/C18H19N.C10H8/c1-5-9-17-15(8-4)16-12-14(13(6-2)7-3)10-11-18(16)19-17;1-2-6-10-8-4-3-7-9(10)5-1/h5-12,19H,2,4H2,1,3H3;1-8H/b9-5-,13-7+;. The van der Waals surface area contributed by atoms with Crippen LogP contribution in [0.4, 0.5) is 0 Å². The third kappa shape index (κ3) is 4.47. The topological polar surface area (TPSA) is 15.8 Å². The van der Waals surface area contributed by atoms with E-state index >= 15 is 0 Å². The van der Waals surface area contributed by atoms with E-state index in [0.29, 0.717) is 0 Å². The molecule has 1 aromatic heterocycles. The van der Waals surface area contributed by atoms with Gasteiger partial charge in [0.2, 0.25) is 0 Å². The molecule has 0 atom stereocenters. The Labute approximate surface area is 173 Å². The minimum absolute atomic E-state index is 1.10. The summed E-state index contributed by atoms with van der Waals surface area (Å²) >= 11 is 0. The van der Waals surface area contributed by atoms with Crippen LogP contribution in [0.2, 0.25) is 0 Å². The Morgan fingerprint density at radius 2 is 1.48 bits per heavy atom. The number of allylic oxidation sites excluding steroid dienone is 4. The third-order valence-electron chi connectivity index (χ3n) is 4.93. The smallest absolute Gasteiger partial charge is 0.0465 e. The predicted octanol–water partition coefficient (Wildman–Crippen LogP) is 8.27. The lowest BCUT2D eigenvalue weighted by molar-refractivity contribution is 1.42. The van der Waals surface area contributed by atoms with Crippen LogP contribution in [0.15, 0.2) is 98.1 Å². The SMILES string of the molecule is C=C/C(=C\C)c1ccc2[nH]c(/C=C\C)c(C=C)c2c1.c1ccc2ccccc2c1. The molecule has 0 aliphatic rings. The van der Waals surface area contributed by atoms with Crippen molar-refractivity contribution in [1.82, 2.24) is 4.98 Å². The van der Waals surface area contributed by atoms with Crippen molar-refractivity contribution in [3.8, 4) is 0 Å². The van der Waals surface area contributed by atoms with E-state index in [4.69, 9.17) is 0 Å². The van der Waals surface area contributed by atoms with Gasteiger partial charge in [0.25, 0.3) is 0 Å². The second-order valence-corrected chi connectivity index (χ2v) is 6.71. The van der Waals surface area contributed by atoms with E-state index in [1.165, 1.54) is 21.7 Å². The van der Waals surface area contributed by atoms with E-state index in [1.54, 1.807) is 0 Å². The van der Waals surface area contributed by atoms with E-state index in [0.717, 1.165) is 22.3 Å². The van der Waals surface area contributed by atoms with E-state index in [9.17, 15) is 0 Å². The molecular formula is C28H27N. The Bertz CT molecular complexity index is 1140. The van der Waals surface area contributed by atoms with E-state index in [-0.39, 0.29) is 0 Å². The summed E-state index contributed by atoms with van der Waals surface area (Å²) in [5, 5.41) is 3.82. The number of aromatic nitrogens is 1. The van der Waals surface area contributed by atoms with Crippen molar-refractivity contribution >= 4 is 39.4 Å². The van der Waals surface area contributed by atoms with E-state index in [1.807, 2.05) is 32.1 Å². The van der Waals surface area contributed by atoms with Gasteiger partial charge in [-0.1, -0.05) is 92.1 Å². The van der Waals surface area contributed by atoms with Crippen LogP contribution in [0, 0.1) is 0 Å². The number of fused-ring (bicyclic) bond motifs is 2. The molecule has 0 saturated heterocycles. The molecule has 0 unspecified atom stereocenters. The lowest BCUT2D eigenvalue weighted by Crippen LogP contribution is -1.80. The number of hydrogen-bond donors (Lipinski definition) is 1. The Morgan fingerprint density at radius 1 is 0.862 bits per heavy atom. The largest absolute Gasteiger partial charge is 0.355 e. The second kappa shape index (κ2) is 9.57. The molecule has 144 valence electrons. The maximum atomic E-state index is 3.92. The zero-order valence-electron chi connectivity index (χ0n) is 17.2. The van der Waals surface area contributed by atoms with Crippen LogP contribution in [0.1, 0.15) is 30.7 Å². The first-order valence-electron chi connectivity index (χ1n) is 9.85. The van der Waals surface area contributed by atoms with Gasteiger partial charge in [-0.25, -0.2) is 0 Å². The van der Waals surface area contributed by atoms with E-state index in [2.05, 4.69) is 97.0 Å². The monoisotopic (exact) mass is 377 g/mol. The lowest BCUT2D eigenvalue weighted by atomic mass is 10.0. The van der Waals surface area contributed by atoms with Gasteiger partial charge in [0.05, 0.1) is 0 Å². The van der Waals surface area contributed by atoms with Crippen molar-refractivity contribution in [2.24, 2.45) is 0 Å². The van der Waals surface area contributed by atoms with Crippen molar-refractivity contribution in [2.45, 2.75) is 13.8 Å². The lowest BCUT2D eigenvalue weighted by Gasteiger charge is -2.02. The molecule has 0 saturated carbocycles. The average molecular weight is 378 g/mol. The summed E-state index contributed by atoms with van der Waals surface area (Å²) in [5.41, 5.74) is 5.70. The normalized spacial score (nSPS) is 11.4. The average Bonchev–Trinajstić information content (AvgIpc) is 3.12. The Kier molecular flexibility index (Phi) is 6.65.